The van der Waals surface area contributed by atoms with E-state index in [4.69, 9.17) is 9.84 Å². The first-order valence-corrected chi connectivity index (χ1v) is 5.82. The molecule has 0 bridgehead atoms. The fourth-order valence-electron chi connectivity index (χ4n) is 1.51. The Labute approximate surface area is 110 Å². The van der Waals surface area contributed by atoms with E-state index in [9.17, 15) is 4.79 Å². The minimum atomic E-state index is -1.05. The summed E-state index contributed by atoms with van der Waals surface area (Å²) in [4.78, 5) is 14.5. The average Bonchev–Trinajstić information content (AvgIpc) is 2.45. The Bertz CT molecular complexity index is 526. The highest BCUT2D eigenvalue weighted by Gasteiger charge is 2.00. The van der Waals surface area contributed by atoms with Crippen molar-refractivity contribution in [1.82, 2.24) is 10.3 Å². The van der Waals surface area contributed by atoms with Crippen molar-refractivity contribution < 1.29 is 14.6 Å². The fraction of sp³-hybridized carbons (Fsp3) is 0.143. The van der Waals surface area contributed by atoms with Gasteiger partial charge in [0.1, 0.15) is 6.61 Å². The van der Waals surface area contributed by atoms with Gasteiger partial charge in [0.25, 0.3) is 0 Å². The van der Waals surface area contributed by atoms with Crippen LogP contribution in [-0.2, 0) is 13.2 Å². The fourth-order valence-corrected chi connectivity index (χ4v) is 1.51. The van der Waals surface area contributed by atoms with Crippen molar-refractivity contribution in [1.29, 1.82) is 0 Å². The molecule has 5 nitrogen and oxygen atoms in total. The Morgan fingerprint density at radius 3 is 2.58 bits per heavy atom. The van der Waals surface area contributed by atoms with E-state index in [0.717, 1.165) is 11.1 Å². The van der Waals surface area contributed by atoms with Gasteiger partial charge >= 0.3 is 6.09 Å². The maximum atomic E-state index is 10.3. The molecule has 0 unspecified atom stereocenters. The van der Waals surface area contributed by atoms with Gasteiger partial charge in [-0.15, -0.1) is 0 Å². The molecule has 0 aliphatic heterocycles. The highest BCUT2D eigenvalue weighted by molar-refractivity contribution is 5.64. The summed E-state index contributed by atoms with van der Waals surface area (Å²) in [5.41, 5.74) is 1.86. The van der Waals surface area contributed by atoms with E-state index in [-0.39, 0.29) is 6.54 Å². The number of pyridine rings is 1. The minimum Gasteiger partial charge on any atom is -0.473 e. The van der Waals surface area contributed by atoms with Crippen LogP contribution in [0.25, 0.3) is 0 Å². The number of nitrogens with one attached hydrogen (secondary N) is 1. The molecule has 1 aromatic heterocycles. The maximum Gasteiger partial charge on any atom is 0.404 e. The van der Waals surface area contributed by atoms with Gasteiger partial charge in [-0.25, -0.2) is 9.78 Å². The molecule has 19 heavy (non-hydrogen) atoms. The van der Waals surface area contributed by atoms with Gasteiger partial charge in [-0.2, -0.15) is 0 Å². The van der Waals surface area contributed by atoms with Crippen LogP contribution in [0, 0.1) is 0 Å². The summed E-state index contributed by atoms with van der Waals surface area (Å²) in [5.74, 6) is 0.517. The van der Waals surface area contributed by atoms with Crippen molar-refractivity contribution in [3.63, 3.8) is 0 Å². The monoisotopic (exact) mass is 258 g/mol. The lowest BCUT2D eigenvalue weighted by Gasteiger charge is -2.06. The van der Waals surface area contributed by atoms with Crippen molar-refractivity contribution in [2.75, 3.05) is 0 Å². The zero-order valence-electron chi connectivity index (χ0n) is 10.2. The van der Waals surface area contributed by atoms with Crippen LogP contribution in [0.5, 0.6) is 5.88 Å². The van der Waals surface area contributed by atoms with E-state index in [1.807, 2.05) is 30.3 Å². The van der Waals surface area contributed by atoms with Gasteiger partial charge in [0.2, 0.25) is 5.88 Å². The number of ether oxygens (including phenoxy) is 1. The number of benzene rings is 1. The zero-order valence-corrected chi connectivity index (χ0v) is 10.2. The molecule has 2 rings (SSSR count). The molecule has 1 heterocycles. The Kier molecular flexibility index (Phi) is 4.34. The first-order chi connectivity index (χ1) is 9.24. The zero-order chi connectivity index (χ0) is 13.5. The predicted molar refractivity (Wildman–Crippen MR) is 69.9 cm³/mol. The first-order valence-electron chi connectivity index (χ1n) is 5.82. The van der Waals surface area contributed by atoms with Gasteiger partial charge < -0.3 is 15.2 Å². The quantitative estimate of drug-likeness (QED) is 0.864. The molecule has 98 valence electrons. The van der Waals surface area contributed by atoms with Crippen LogP contribution in [0.15, 0.2) is 48.7 Å². The van der Waals surface area contributed by atoms with E-state index in [1.54, 1.807) is 18.3 Å². The lowest BCUT2D eigenvalue weighted by Crippen LogP contribution is -2.19. The van der Waals surface area contributed by atoms with Crippen molar-refractivity contribution in [2.24, 2.45) is 0 Å². The van der Waals surface area contributed by atoms with E-state index >= 15 is 0 Å². The topological polar surface area (TPSA) is 71.5 Å². The third-order valence-corrected chi connectivity index (χ3v) is 2.47. The van der Waals surface area contributed by atoms with E-state index in [1.165, 1.54) is 0 Å². The SMILES string of the molecule is O=C(O)NCc1ccc(OCc2ccccc2)nc1. The number of amides is 1. The molecule has 0 atom stereocenters. The molecule has 0 radical (unpaired) electrons. The van der Waals surface area contributed by atoms with Gasteiger partial charge in [-0.1, -0.05) is 36.4 Å². The number of hydrogen-bond acceptors (Lipinski definition) is 3. The second-order valence-corrected chi connectivity index (χ2v) is 3.94. The molecule has 1 aromatic carbocycles. The molecular weight excluding hydrogens is 244 g/mol. The first kappa shape index (κ1) is 12.9. The molecule has 1 amide bonds. The number of aromatic nitrogens is 1. The van der Waals surface area contributed by atoms with Gasteiger partial charge in [-0.3, -0.25) is 0 Å². The lowest BCUT2D eigenvalue weighted by atomic mass is 10.2. The van der Waals surface area contributed by atoms with Gasteiger partial charge in [0.05, 0.1) is 0 Å². The summed E-state index contributed by atoms with van der Waals surface area (Å²) >= 11 is 0. The molecule has 0 aliphatic rings. The van der Waals surface area contributed by atoms with Gasteiger partial charge in [0, 0.05) is 18.8 Å². The van der Waals surface area contributed by atoms with Crippen LogP contribution in [0.3, 0.4) is 0 Å². The average molecular weight is 258 g/mol. The third kappa shape index (κ3) is 4.31. The molecule has 0 saturated heterocycles. The second kappa shape index (κ2) is 6.39. The van der Waals surface area contributed by atoms with Crippen molar-refractivity contribution in [3.05, 3.63) is 59.8 Å². The van der Waals surface area contributed by atoms with E-state index in [2.05, 4.69) is 10.3 Å². The van der Waals surface area contributed by atoms with Gasteiger partial charge in [-0.05, 0) is 11.1 Å². The van der Waals surface area contributed by atoms with Crippen molar-refractivity contribution >= 4 is 6.09 Å². The summed E-state index contributed by atoms with van der Waals surface area (Å²) in [6.07, 6.45) is 0.542. The largest absolute Gasteiger partial charge is 0.473 e. The Morgan fingerprint density at radius 2 is 1.95 bits per heavy atom. The smallest absolute Gasteiger partial charge is 0.404 e. The minimum absolute atomic E-state index is 0.237. The normalized spacial score (nSPS) is 9.89. The van der Waals surface area contributed by atoms with Crippen molar-refractivity contribution in [2.45, 2.75) is 13.2 Å². The summed E-state index contributed by atoms with van der Waals surface area (Å²) in [7, 11) is 0. The van der Waals surface area contributed by atoms with Crippen LogP contribution >= 0.6 is 0 Å². The summed E-state index contributed by atoms with van der Waals surface area (Å²) in [6.45, 7) is 0.696. The van der Waals surface area contributed by atoms with Gasteiger partial charge in [0.15, 0.2) is 0 Å². The number of carboxylic acid groups (broad SMARTS) is 1. The van der Waals surface area contributed by atoms with E-state index in [0.29, 0.717) is 12.5 Å². The molecule has 2 aromatic rings. The highest BCUT2D eigenvalue weighted by atomic mass is 16.5. The second-order valence-electron chi connectivity index (χ2n) is 3.94. The van der Waals surface area contributed by atoms with Crippen LogP contribution in [0.2, 0.25) is 0 Å². The number of rotatable bonds is 5. The molecular formula is C14H14N2O3. The number of carbonyl (C=O) groups is 1. The number of nitrogens with zero attached hydrogens (tertiary/aromatic N) is 1. The summed E-state index contributed by atoms with van der Waals surface area (Å²) < 4.78 is 5.52. The standard InChI is InChI=1S/C14H14N2O3/c17-14(18)16-9-12-6-7-13(15-8-12)19-10-11-4-2-1-3-5-11/h1-8,16H,9-10H2,(H,17,18). The lowest BCUT2D eigenvalue weighted by molar-refractivity contribution is 0.194. The molecule has 0 spiro atoms. The van der Waals surface area contributed by atoms with E-state index < -0.39 is 6.09 Å². The summed E-state index contributed by atoms with van der Waals surface area (Å²) in [6, 6.07) is 13.3. The molecule has 0 saturated carbocycles. The van der Waals surface area contributed by atoms with Crippen molar-refractivity contribution in [3.8, 4) is 5.88 Å². The van der Waals surface area contributed by atoms with Crippen LogP contribution in [0.4, 0.5) is 4.79 Å². The molecule has 5 heteroatoms. The maximum absolute atomic E-state index is 10.3. The molecule has 0 aliphatic carbocycles. The van der Waals surface area contributed by atoms with Crippen LogP contribution < -0.4 is 10.1 Å². The summed E-state index contributed by atoms with van der Waals surface area (Å²) in [5, 5.41) is 10.8. The van der Waals surface area contributed by atoms with Crippen LogP contribution in [0.1, 0.15) is 11.1 Å². The Morgan fingerprint density at radius 1 is 1.16 bits per heavy atom. The third-order valence-electron chi connectivity index (χ3n) is 2.47. The predicted octanol–water partition coefficient (Wildman–Crippen LogP) is 2.43. The highest BCUT2D eigenvalue weighted by Crippen LogP contribution is 2.10. The Balaban J connectivity index is 1.86. The Hall–Kier alpha value is -2.56. The van der Waals surface area contributed by atoms with Crippen LogP contribution in [-0.4, -0.2) is 16.2 Å². The molecule has 0 fully saturated rings. The number of hydrogen-bond donors (Lipinski definition) is 2. The molecule has 2 N–H and O–H groups in total.